The van der Waals surface area contributed by atoms with Crippen molar-refractivity contribution in [2.75, 3.05) is 5.32 Å². The molecule has 3 aromatic rings. The maximum absolute atomic E-state index is 12.7. The van der Waals surface area contributed by atoms with Gasteiger partial charge in [-0.1, -0.05) is 47.6 Å². The molecule has 0 heterocycles. The molecular formula is C22H15N3O4. The summed E-state index contributed by atoms with van der Waals surface area (Å²) >= 11 is 0. The van der Waals surface area contributed by atoms with Crippen molar-refractivity contribution in [2.45, 2.75) is 0 Å². The van der Waals surface area contributed by atoms with E-state index in [4.69, 9.17) is 5.26 Å². The van der Waals surface area contributed by atoms with Gasteiger partial charge < -0.3 is 15.6 Å². The van der Waals surface area contributed by atoms with Crippen LogP contribution >= 0.6 is 0 Å². The number of benzene rings is 3. The maximum atomic E-state index is 12.7. The lowest BCUT2D eigenvalue weighted by Crippen LogP contribution is -2.16. The van der Waals surface area contributed by atoms with Gasteiger partial charge in [0.2, 0.25) is 0 Å². The number of nitrogens with zero attached hydrogens (tertiary/aromatic N) is 2. The molecule has 0 aliphatic rings. The average molecular weight is 385 g/mol. The molecule has 0 aromatic heterocycles. The Bertz CT molecular complexity index is 1150. The molecule has 0 unspecified atom stereocenters. The van der Waals surface area contributed by atoms with E-state index in [9.17, 15) is 19.9 Å². The lowest BCUT2D eigenvalue weighted by molar-refractivity contribution is 0.0698. The van der Waals surface area contributed by atoms with E-state index in [1.165, 1.54) is 18.2 Å². The molecule has 0 fully saturated rings. The molecule has 7 heteroatoms. The van der Waals surface area contributed by atoms with Gasteiger partial charge >= 0.3 is 5.97 Å². The number of aromatic carboxylic acids is 1. The number of nitriles is 1. The number of nitrogens with one attached hydrogen (secondary N) is 1. The van der Waals surface area contributed by atoms with Gasteiger partial charge in [0.15, 0.2) is 0 Å². The quantitative estimate of drug-likeness (QED) is 0.351. The smallest absolute Gasteiger partial charge is 0.337 e. The van der Waals surface area contributed by atoms with Crippen molar-refractivity contribution in [3.05, 3.63) is 101 Å². The average Bonchev–Trinajstić information content (AvgIpc) is 2.75. The fraction of sp³-hybridized carbons (Fsp3) is 0. The van der Waals surface area contributed by atoms with Gasteiger partial charge in [0.25, 0.3) is 5.91 Å². The Morgan fingerprint density at radius 2 is 1.59 bits per heavy atom. The van der Waals surface area contributed by atoms with Gasteiger partial charge in [-0.25, -0.2) is 4.79 Å². The molecule has 0 aliphatic heterocycles. The van der Waals surface area contributed by atoms with Gasteiger partial charge in [-0.05, 0) is 30.3 Å². The molecule has 29 heavy (non-hydrogen) atoms. The molecular weight excluding hydrogens is 370 g/mol. The Labute approximate surface area is 166 Å². The van der Waals surface area contributed by atoms with Crippen LogP contribution in [0.2, 0.25) is 0 Å². The third-order valence-electron chi connectivity index (χ3n) is 4.17. The number of hydrogen-bond donors (Lipinski definition) is 3. The number of hydrogen-bond acceptors (Lipinski definition) is 5. The van der Waals surface area contributed by atoms with Gasteiger partial charge in [-0.15, -0.1) is 0 Å². The van der Waals surface area contributed by atoms with Crippen LogP contribution < -0.4 is 5.32 Å². The monoisotopic (exact) mass is 385 g/mol. The molecule has 0 spiro atoms. The number of carbonyl (C=O) groups is 2. The number of oxime groups is 1. The van der Waals surface area contributed by atoms with E-state index in [1.54, 1.807) is 48.5 Å². The molecule has 7 nitrogen and oxygen atoms in total. The Balaban J connectivity index is 1.91. The van der Waals surface area contributed by atoms with Crippen LogP contribution in [0.15, 0.2) is 78.0 Å². The Kier molecular flexibility index (Phi) is 5.66. The van der Waals surface area contributed by atoms with Crippen molar-refractivity contribution in [2.24, 2.45) is 5.16 Å². The highest BCUT2D eigenvalue weighted by molar-refractivity contribution is 6.14. The van der Waals surface area contributed by atoms with Crippen LogP contribution in [0, 0.1) is 11.3 Å². The number of rotatable bonds is 5. The summed E-state index contributed by atoms with van der Waals surface area (Å²) in [4.78, 5) is 24.1. The van der Waals surface area contributed by atoms with Crippen LogP contribution in [0.5, 0.6) is 0 Å². The van der Waals surface area contributed by atoms with E-state index in [0.717, 1.165) is 0 Å². The minimum Gasteiger partial charge on any atom is -0.478 e. The fourth-order valence-corrected chi connectivity index (χ4v) is 2.78. The number of carboxylic acid groups (broad SMARTS) is 1. The minimum absolute atomic E-state index is 0.0750. The summed E-state index contributed by atoms with van der Waals surface area (Å²) in [5, 5.41) is 33.6. The lowest BCUT2D eigenvalue weighted by atomic mass is 10.00. The van der Waals surface area contributed by atoms with E-state index < -0.39 is 11.9 Å². The maximum Gasteiger partial charge on any atom is 0.337 e. The number of anilines is 1. The predicted molar refractivity (Wildman–Crippen MR) is 106 cm³/mol. The Morgan fingerprint density at radius 3 is 2.24 bits per heavy atom. The molecule has 0 bridgehead atoms. The molecule has 0 saturated carbocycles. The van der Waals surface area contributed by atoms with Crippen LogP contribution in [0.4, 0.5) is 5.69 Å². The van der Waals surface area contributed by atoms with E-state index in [2.05, 4.69) is 10.5 Å². The molecule has 0 aliphatic carbocycles. The highest BCUT2D eigenvalue weighted by Crippen LogP contribution is 2.19. The Hall–Kier alpha value is -4.44. The van der Waals surface area contributed by atoms with Crippen molar-refractivity contribution < 1.29 is 19.9 Å². The van der Waals surface area contributed by atoms with Crippen LogP contribution in [-0.2, 0) is 0 Å². The Morgan fingerprint density at radius 1 is 0.897 bits per heavy atom. The third kappa shape index (κ3) is 4.28. The minimum atomic E-state index is -1.26. The summed E-state index contributed by atoms with van der Waals surface area (Å²) in [7, 11) is 0. The first kappa shape index (κ1) is 19.3. The molecule has 3 aromatic carbocycles. The number of carboxylic acids is 1. The lowest BCUT2D eigenvalue weighted by Gasteiger charge is -2.10. The van der Waals surface area contributed by atoms with Crippen molar-refractivity contribution >= 4 is 23.3 Å². The first-order valence-electron chi connectivity index (χ1n) is 8.50. The second-order valence-corrected chi connectivity index (χ2v) is 6.03. The van der Waals surface area contributed by atoms with Gasteiger partial charge in [0, 0.05) is 16.7 Å². The second kappa shape index (κ2) is 8.50. The zero-order valence-electron chi connectivity index (χ0n) is 15.0. The summed E-state index contributed by atoms with van der Waals surface area (Å²) in [5.41, 5.74) is 1.80. The van der Waals surface area contributed by atoms with Crippen molar-refractivity contribution in [3.63, 3.8) is 0 Å². The van der Waals surface area contributed by atoms with E-state index >= 15 is 0 Å². The highest BCUT2D eigenvalue weighted by atomic mass is 16.4. The van der Waals surface area contributed by atoms with Gasteiger partial charge in [0.05, 0.1) is 22.9 Å². The fourth-order valence-electron chi connectivity index (χ4n) is 2.78. The number of amides is 1. The van der Waals surface area contributed by atoms with Crippen LogP contribution in [0.1, 0.15) is 37.4 Å². The molecule has 1 amide bonds. The SMILES string of the molecule is N#Cc1ccc(NC(=O)c2cccc(C(=NO)c3ccccc3)c2)c(C(=O)O)c1. The summed E-state index contributed by atoms with van der Waals surface area (Å²) in [6.45, 7) is 0. The third-order valence-corrected chi connectivity index (χ3v) is 4.17. The normalized spacial score (nSPS) is 10.8. The van der Waals surface area contributed by atoms with Gasteiger partial charge in [-0.3, -0.25) is 4.79 Å². The van der Waals surface area contributed by atoms with E-state index in [1.807, 2.05) is 12.1 Å². The van der Waals surface area contributed by atoms with Gasteiger partial charge in [0.1, 0.15) is 5.71 Å². The van der Waals surface area contributed by atoms with Crippen molar-refractivity contribution in [1.82, 2.24) is 0 Å². The van der Waals surface area contributed by atoms with Crippen LogP contribution in [0.25, 0.3) is 0 Å². The number of carbonyl (C=O) groups excluding carboxylic acids is 1. The zero-order chi connectivity index (χ0) is 20.8. The molecule has 0 radical (unpaired) electrons. The topological polar surface area (TPSA) is 123 Å². The first-order valence-corrected chi connectivity index (χ1v) is 8.50. The molecule has 0 saturated heterocycles. The van der Waals surface area contributed by atoms with Crippen LogP contribution in [0.3, 0.4) is 0 Å². The second-order valence-electron chi connectivity index (χ2n) is 6.03. The summed E-state index contributed by atoms with van der Waals surface area (Å²) in [6.07, 6.45) is 0. The largest absolute Gasteiger partial charge is 0.478 e. The summed E-state index contributed by atoms with van der Waals surface area (Å²) in [6, 6.07) is 21.3. The van der Waals surface area contributed by atoms with E-state index in [-0.39, 0.29) is 22.4 Å². The predicted octanol–water partition coefficient (Wildman–Crippen LogP) is 3.74. The zero-order valence-corrected chi connectivity index (χ0v) is 15.0. The van der Waals surface area contributed by atoms with Crippen molar-refractivity contribution in [3.8, 4) is 6.07 Å². The summed E-state index contributed by atoms with van der Waals surface area (Å²) in [5.74, 6) is -1.80. The van der Waals surface area contributed by atoms with Crippen molar-refractivity contribution in [1.29, 1.82) is 5.26 Å². The van der Waals surface area contributed by atoms with Gasteiger partial charge in [-0.2, -0.15) is 5.26 Å². The standard InChI is InChI=1S/C22H15N3O4/c23-13-14-9-10-19(18(11-14)22(27)28)24-21(26)17-8-4-7-16(12-17)20(25-29)15-5-2-1-3-6-15/h1-12,29H,(H,24,26)(H,27,28). The van der Waals surface area contributed by atoms with E-state index in [0.29, 0.717) is 16.8 Å². The molecule has 0 atom stereocenters. The molecule has 3 rings (SSSR count). The molecule has 142 valence electrons. The first-order chi connectivity index (χ1) is 14.0. The summed E-state index contributed by atoms with van der Waals surface area (Å²) < 4.78 is 0. The molecule has 3 N–H and O–H groups in total. The highest BCUT2D eigenvalue weighted by Gasteiger charge is 2.16. The van der Waals surface area contributed by atoms with Crippen LogP contribution in [-0.4, -0.2) is 27.9 Å².